The molecule has 2 nitrogen and oxygen atoms in total. The third-order valence-electron chi connectivity index (χ3n) is 4.44. The van der Waals surface area contributed by atoms with Gasteiger partial charge in [0.15, 0.2) is 5.78 Å². The molecule has 0 bridgehead atoms. The molecule has 1 N–H and O–H groups in total. The average molecular weight is 329 g/mol. The van der Waals surface area contributed by atoms with Crippen LogP contribution in [0.1, 0.15) is 46.9 Å². The van der Waals surface area contributed by atoms with E-state index in [0.29, 0.717) is 6.42 Å². The van der Waals surface area contributed by atoms with Gasteiger partial charge in [0.05, 0.1) is 0 Å². The van der Waals surface area contributed by atoms with Gasteiger partial charge in [0.25, 0.3) is 0 Å². The monoisotopic (exact) mass is 329 g/mol. The summed E-state index contributed by atoms with van der Waals surface area (Å²) < 4.78 is 0. The number of nitrogens with one attached hydrogen (secondary N) is 1. The van der Waals surface area contributed by atoms with Crippen molar-refractivity contribution in [3.05, 3.63) is 108 Å². The van der Waals surface area contributed by atoms with Gasteiger partial charge in [0, 0.05) is 24.1 Å². The Bertz CT molecular complexity index is 784. The minimum Gasteiger partial charge on any atom is -0.303 e. The summed E-state index contributed by atoms with van der Waals surface area (Å²) in [4.78, 5) is 12.7. The molecule has 0 heterocycles. The Morgan fingerprint density at radius 3 is 1.80 bits per heavy atom. The first-order chi connectivity index (χ1) is 12.2. The number of hydrogen-bond acceptors (Lipinski definition) is 2. The van der Waals surface area contributed by atoms with Gasteiger partial charge in [-0.25, -0.2) is 0 Å². The van der Waals surface area contributed by atoms with E-state index in [0.717, 1.165) is 11.1 Å². The third-order valence-corrected chi connectivity index (χ3v) is 4.44. The van der Waals surface area contributed by atoms with Crippen molar-refractivity contribution in [1.29, 1.82) is 0 Å². The summed E-state index contributed by atoms with van der Waals surface area (Å²) in [6.07, 6.45) is 0.436. The summed E-state index contributed by atoms with van der Waals surface area (Å²) in [5.41, 5.74) is 3.11. The first-order valence-corrected chi connectivity index (χ1v) is 8.68. The number of benzene rings is 3. The van der Waals surface area contributed by atoms with Gasteiger partial charge in [-0.3, -0.25) is 4.79 Å². The molecule has 126 valence electrons. The third kappa shape index (κ3) is 4.65. The van der Waals surface area contributed by atoms with Crippen LogP contribution < -0.4 is 5.32 Å². The number of rotatable bonds is 7. The van der Waals surface area contributed by atoms with Crippen LogP contribution in [-0.4, -0.2) is 5.78 Å². The van der Waals surface area contributed by atoms with Gasteiger partial charge in [0.1, 0.15) is 0 Å². The van der Waals surface area contributed by atoms with Crippen molar-refractivity contribution in [2.75, 3.05) is 0 Å². The summed E-state index contributed by atoms with van der Waals surface area (Å²) >= 11 is 0. The second kappa shape index (κ2) is 8.41. The lowest BCUT2D eigenvalue weighted by Crippen LogP contribution is -2.27. The van der Waals surface area contributed by atoms with E-state index in [-0.39, 0.29) is 17.9 Å². The molecule has 0 amide bonds. The zero-order valence-electron chi connectivity index (χ0n) is 14.4. The summed E-state index contributed by atoms with van der Waals surface area (Å²) in [6.45, 7) is 2.14. The number of carbonyl (C=O) groups is 1. The largest absolute Gasteiger partial charge is 0.303 e. The summed E-state index contributed by atoms with van der Waals surface area (Å²) in [7, 11) is 0. The van der Waals surface area contributed by atoms with Crippen molar-refractivity contribution >= 4 is 5.78 Å². The standard InChI is InChI=1S/C23H23NO/c1-18(19-11-5-2-6-12-19)24-22(20-13-7-3-8-14-20)17-23(25)21-15-9-4-10-16-21/h2-16,18,22,24H,17H2,1H3. The lowest BCUT2D eigenvalue weighted by Gasteiger charge is -2.24. The molecule has 0 saturated heterocycles. The Kier molecular flexibility index (Phi) is 5.76. The second-order valence-electron chi connectivity index (χ2n) is 6.26. The Hall–Kier alpha value is -2.71. The Labute approximate surface area is 149 Å². The van der Waals surface area contributed by atoms with Gasteiger partial charge in [-0.2, -0.15) is 0 Å². The maximum Gasteiger partial charge on any atom is 0.164 e. The fraction of sp³-hybridized carbons (Fsp3) is 0.174. The molecular formula is C23H23NO. The Morgan fingerprint density at radius 1 is 0.760 bits per heavy atom. The highest BCUT2D eigenvalue weighted by Crippen LogP contribution is 2.24. The molecule has 2 unspecified atom stereocenters. The topological polar surface area (TPSA) is 29.1 Å². The summed E-state index contributed by atoms with van der Waals surface area (Å²) in [6, 6.07) is 30.2. The van der Waals surface area contributed by atoms with E-state index in [1.54, 1.807) is 0 Å². The van der Waals surface area contributed by atoms with Crippen molar-refractivity contribution in [2.45, 2.75) is 25.4 Å². The van der Waals surface area contributed by atoms with Crippen molar-refractivity contribution in [3.63, 3.8) is 0 Å². The predicted octanol–water partition coefficient (Wildman–Crippen LogP) is 5.35. The SMILES string of the molecule is CC(NC(CC(=O)c1ccccc1)c1ccccc1)c1ccccc1. The normalized spacial score (nSPS) is 13.2. The maximum absolute atomic E-state index is 12.7. The Morgan fingerprint density at radius 2 is 1.24 bits per heavy atom. The molecule has 3 aromatic rings. The first kappa shape index (κ1) is 17.1. The lowest BCUT2D eigenvalue weighted by atomic mass is 9.96. The van der Waals surface area contributed by atoms with Crippen molar-refractivity contribution in [1.82, 2.24) is 5.32 Å². The van der Waals surface area contributed by atoms with Crippen molar-refractivity contribution in [2.24, 2.45) is 0 Å². The number of Topliss-reactive ketones (excluding diaryl/α,β-unsaturated/α-hetero) is 1. The van der Waals surface area contributed by atoms with Gasteiger partial charge in [-0.1, -0.05) is 91.0 Å². The highest BCUT2D eigenvalue weighted by atomic mass is 16.1. The van der Waals surface area contributed by atoms with Crippen molar-refractivity contribution in [3.8, 4) is 0 Å². The van der Waals surface area contributed by atoms with E-state index in [4.69, 9.17) is 0 Å². The van der Waals surface area contributed by atoms with Crippen LogP contribution in [0.15, 0.2) is 91.0 Å². The minimum atomic E-state index is -0.0240. The average Bonchev–Trinajstić information content (AvgIpc) is 2.69. The first-order valence-electron chi connectivity index (χ1n) is 8.68. The highest BCUT2D eigenvalue weighted by molar-refractivity contribution is 5.96. The zero-order chi connectivity index (χ0) is 17.5. The number of ketones is 1. The Balaban J connectivity index is 1.80. The molecule has 0 saturated carbocycles. The van der Waals surface area contributed by atoms with E-state index in [2.05, 4.69) is 36.5 Å². The summed E-state index contributed by atoms with van der Waals surface area (Å²) in [5, 5.41) is 3.63. The predicted molar refractivity (Wildman–Crippen MR) is 103 cm³/mol. The van der Waals surface area contributed by atoms with E-state index >= 15 is 0 Å². The second-order valence-corrected chi connectivity index (χ2v) is 6.26. The van der Waals surface area contributed by atoms with E-state index in [9.17, 15) is 4.79 Å². The molecule has 25 heavy (non-hydrogen) atoms. The van der Waals surface area contributed by atoms with Gasteiger partial charge in [-0.15, -0.1) is 0 Å². The molecule has 0 aliphatic rings. The maximum atomic E-state index is 12.7. The van der Waals surface area contributed by atoms with E-state index in [1.807, 2.05) is 66.7 Å². The molecule has 0 aliphatic carbocycles. The highest BCUT2D eigenvalue weighted by Gasteiger charge is 2.19. The minimum absolute atomic E-state index is 0.0240. The van der Waals surface area contributed by atoms with E-state index in [1.165, 1.54) is 5.56 Å². The van der Waals surface area contributed by atoms with Crippen LogP contribution in [0.5, 0.6) is 0 Å². The number of carbonyl (C=O) groups excluding carboxylic acids is 1. The zero-order valence-corrected chi connectivity index (χ0v) is 14.4. The van der Waals surface area contributed by atoms with Gasteiger partial charge in [-0.05, 0) is 18.1 Å². The van der Waals surface area contributed by atoms with Crippen LogP contribution in [0.3, 0.4) is 0 Å². The van der Waals surface area contributed by atoms with Crippen LogP contribution in [0, 0.1) is 0 Å². The number of hydrogen-bond donors (Lipinski definition) is 1. The van der Waals surface area contributed by atoms with Gasteiger partial charge >= 0.3 is 0 Å². The van der Waals surface area contributed by atoms with Crippen LogP contribution in [0.2, 0.25) is 0 Å². The van der Waals surface area contributed by atoms with Crippen LogP contribution in [0.25, 0.3) is 0 Å². The van der Waals surface area contributed by atoms with Crippen LogP contribution >= 0.6 is 0 Å². The fourth-order valence-corrected chi connectivity index (χ4v) is 3.03. The molecule has 3 aromatic carbocycles. The molecule has 3 rings (SSSR count). The van der Waals surface area contributed by atoms with Crippen LogP contribution in [-0.2, 0) is 0 Å². The van der Waals surface area contributed by atoms with Gasteiger partial charge < -0.3 is 5.32 Å². The molecule has 0 aliphatic heterocycles. The molecule has 2 heteroatoms. The van der Waals surface area contributed by atoms with Gasteiger partial charge in [0.2, 0.25) is 0 Å². The van der Waals surface area contributed by atoms with Crippen molar-refractivity contribution < 1.29 is 4.79 Å². The smallest absolute Gasteiger partial charge is 0.164 e. The molecular weight excluding hydrogens is 306 g/mol. The fourth-order valence-electron chi connectivity index (χ4n) is 3.03. The molecule has 0 aromatic heterocycles. The summed E-state index contributed by atoms with van der Waals surface area (Å²) in [5.74, 6) is 0.155. The quantitative estimate of drug-likeness (QED) is 0.592. The van der Waals surface area contributed by atoms with Crippen LogP contribution in [0.4, 0.5) is 0 Å². The lowest BCUT2D eigenvalue weighted by molar-refractivity contribution is 0.0966. The molecule has 2 atom stereocenters. The molecule has 0 fully saturated rings. The van der Waals surface area contributed by atoms with E-state index < -0.39 is 0 Å². The molecule has 0 radical (unpaired) electrons. The molecule has 0 spiro atoms.